The van der Waals surface area contributed by atoms with E-state index in [4.69, 9.17) is 0 Å². The maximum Gasteiger partial charge on any atom is 0.324 e. The molecule has 0 unspecified atom stereocenters. The van der Waals surface area contributed by atoms with Gasteiger partial charge in [-0.25, -0.2) is 9.48 Å². The Morgan fingerprint density at radius 3 is 2.67 bits per heavy atom. The molecular weight excluding hydrogens is 304 g/mol. The van der Waals surface area contributed by atoms with Crippen molar-refractivity contribution in [2.24, 2.45) is 0 Å². The van der Waals surface area contributed by atoms with Crippen LogP contribution in [0.1, 0.15) is 30.9 Å². The molecule has 24 heavy (non-hydrogen) atoms. The summed E-state index contributed by atoms with van der Waals surface area (Å²) in [6.45, 7) is 4.93. The second-order valence-corrected chi connectivity index (χ2v) is 5.84. The van der Waals surface area contributed by atoms with E-state index < -0.39 is 0 Å². The van der Waals surface area contributed by atoms with Crippen LogP contribution in [0.3, 0.4) is 0 Å². The minimum atomic E-state index is -0.340. The third kappa shape index (κ3) is 3.81. The van der Waals surface area contributed by atoms with E-state index in [0.29, 0.717) is 24.0 Å². The molecule has 0 spiro atoms. The zero-order chi connectivity index (χ0) is 16.9. The Kier molecular flexibility index (Phi) is 4.60. The highest BCUT2D eigenvalue weighted by Gasteiger charge is 2.09. The van der Waals surface area contributed by atoms with Crippen LogP contribution < -0.4 is 10.6 Å². The van der Waals surface area contributed by atoms with Crippen molar-refractivity contribution < 1.29 is 4.79 Å². The molecule has 3 aromatic rings. The molecule has 2 aromatic heterocycles. The summed E-state index contributed by atoms with van der Waals surface area (Å²) in [6, 6.07) is 9.86. The van der Waals surface area contributed by atoms with Gasteiger partial charge in [-0.2, -0.15) is 10.2 Å². The number of amides is 2. The summed E-state index contributed by atoms with van der Waals surface area (Å²) < 4.78 is 1.75. The summed E-state index contributed by atoms with van der Waals surface area (Å²) in [5.41, 5.74) is 3.03. The molecular formula is C17H20N6O. The van der Waals surface area contributed by atoms with Gasteiger partial charge < -0.3 is 5.32 Å². The lowest BCUT2D eigenvalue weighted by atomic mass is 10.0. The highest BCUT2D eigenvalue weighted by Crippen LogP contribution is 2.16. The lowest BCUT2D eigenvalue weighted by Crippen LogP contribution is -2.21. The summed E-state index contributed by atoms with van der Waals surface area (Å²) in [6.07, 6.45) is 4.80. The van der Waals surface area contributed by atoms with E-state index in [2.05, 4.69) is 64.0 Å². The number of carbonyl (C=O) groups excluding carboxylic acids is 1. The Labute approximate surface area is 140 Å². The number of benzene rings is 1. The molecule has 0 aliphatic carbocycles. The molecule has 0 fully saturated rings. The SMILES string of the molecule is CC(C)c1ccc(Cn2nccc2NC(=O)Nc2cn[nH]c2)cc1. The molecule has 124 valence electrons. The predicted octanol–water partition coefficient (Wildman–Crippen LogP) is 3.42. The average molecular weight is 324 g/mol. The standard InChI is InChI=1S/C17H20N6O/c1-12(2)14-5-3-13(4-6-14)11-23-16(7-8-20-23)22-17(24)21-15-9-18-19-10-15/h3-10,12H,11H2,1-2H3,(H,18,19)(H2,21,22,24). The van der Waals surface area contributed by atoms with Crippen molar-refractivity contribution in [3.8, 4) is 0 Å². The van der Waals surface area contributed by atoms with E-state index in [9.17, 15) is 4.79 Å². The summed E-state index contributed by atoms with van der Waals surface area (Å²) >= 11 is 0. The van der Waals surface area contributed by atoms with Crippen molar-refractivity contribution in [3.05, 3.63) is 60.0 Å². The third-order valence-corrected chi connectivity index (χ3v) is 3.69. The summed E-state index contributed by atoms with van der Waals surface area (Å²) in [4.78, 5) is 12.0. The van der Waals surface area contributed by atoms with Crippen molar-refractivity contribution in [2.75, 3.05) is 10.6 Å². The maximum absolute atomic E-state index is 12.0. The molecule has 0 aliphatic rings. The van der Waals surface area contributed by atoms with E-state index in [1.165, 1.54) is 11.8 Å². The van der Waals surface area contributed by atoms with Gasteiger partial charge in [-0.1, -0.05) is 38.1 Å². The molecule has 0 bridgehead atoms. The zero-order valence-corrected chi connectivity index (χ0v) is 13.7. The Hall–Kier alpha value is -3.09. The van der Waals surface area contributed by atoms with Crippen molar-refractivity contribution >= 4 is 17.5 Å². The fourth-order valence-electron chi connectivity index (χ4n) is 2.34. The largest absolute Gasteiger partial charge is 0.324 e. The Balaban J connectivity index is 1.65. The van der Waals surface area contributed by atoms with E-state index in [1.807, 2.05) is 0 Å². The molecule has 3 N–H and O–H groups in total. The molecule has 0 atom stereocenters. The lowest BCUT2D eigenvalue weighted by Gasteiger charge is -2.11. The quantitative estimate of drug-likeness (QED) is 0.672. The minimum absolute atomic E-state index is 0.340. The predicted molar refractivity (Wildman–Crippen MR) is 93.1 cm³/mol. The van der Waals surface area contributed by atoms with Crippen molar-refractivity contribution in [1.29, 1.82) is 0 Å². The van der Waals surface area contributed by atoms with Gasteiger partial charge in [0.2, 0.25) is 0 Å². The molecule has 2 heterocycles. The van der Waals surface area contributed by atoms with E-state index in [1.54, 1.807) is 23.1 Å². The number of urea groups is 1. The van der Waals surface area contributed by atoms with Gasteiger partial charge in [-0.3, -0.25) is 10.4 Å². The van der Waals surface area contributed by atoms with Gasteiger partial charge in [-0.15, -0.1) is 0 Å². The van der Waals surface area contributed by atoms with Gasteiger partial charge >= 0.3 is 6.03 Å². The number of H-pyrrole nitrogens is 1. The van der Waals surface area contributed by atoms with E-state index >= 15 is 0 Å². The van der Waals surface area contributed by atoms with Crippen LogP contribution in [0.15, 0.2) is 48.9 Å². The van der Waals surface area contributed by atoms with Crippen LogP contribution in [-0.4, -0.2) is 26.0 Å². The lowest BCUT2D eigenvalue weighted by molar-refractivity contribution is 0.262. The second kappa shape index (κ2) is 6.99. The molecule has 2 amide bonds. The minimum Gasteiger partial charge on any atom is -0.305 e. The Bertz CT molecular complexity index is 789. The van der Waals surface area contributed by atoms with Crippen molar-refractivity contribution in [3.63, 3.8) is 0 Å². The molecule has 1 aromatic carbocycles. The Morgan fingerprint density at radius 1 is 1.21 bits per heavy atom. The van der Waals surface area contributed by atoms with E-state index in [0.717, 1.165) is 5.56 Å². The van der Waals surface area contributed by atoms with Crippen LogP contribution >= 0.6 is 0 Å². The number of aromatic nitrogens is 4. The van der Waals surface area contributed by atoms with Crippen LogP contribution in [0.4, 0.5) is 16.3 Å². The molecule has 0 saturated carbocycles. The topological polar surface area (TPSA) is 87.6 Å². The van der Waals surface area contributed by atoms with Crippen molar-refractivity contribution in [2.45, 2.75) is 26.3 Å². The normalized spacial score (nSPS) is 10.8. The summed E-state index contributed by atoms with van der Waals surface area (Å²) in [5, 5.41) is 16.2. The third-order valence-electron chi connectivity index (χ3n) is 3.69. The van der Waals surface area contributed by atoms with Crippen LogP contribution in [0.2, 0.25) is 0 Å². The van der Waals surface area contributed by atoms with Gasteiger partial charge in [0.15, 0.2) is 0 Å². The van der Waals surface area contributed by atoms with E-state index in [-0.39, 0.29) is 6.03 Å². The second-order valence-electron chi connectivity index (χ2n) is 5.84. The van der Waals surface area contributed by atoms with Gasteiger partial charge in [0, 0.05) is 12.3 Å². The first kappa shape index (κ1) is 15.8. The maximum atomic E-state index is 12.0. The average Bonchev–Trinajstić information content (AvgIpc) is 3.20. The first-order valence-electron chi connectivity index (χ1n) is 7.79. The molecule has 0 saturated heterocycles. The van der Waals surface area contributed by atoms with Crippen LogP contribution in [0, 0.1) is 0 Å². The first-order chi connectivity index (χ1) is 11.6. The van der Waals surface area contributed by atoms with Crippen LogP contribution in [0.25, 0.3) is 0 Å². The molecule has 7 heteroatoms. The summed E-state index contributed by atoms with van der Waals surface area (Å²) in [7, 11) is 0. The fourth-order valence-corrected chi connectivity index (χ4v) is 2.34. The van der Waals surface area contributed by atoms with Gasteiger partial charge in [0.25, 0.3) is 0 Å². The molecule has 7 nitrogen and oxygen atoms in total. The molecule has 0 aliphatic heterocycles. The molecule has 0 radical (unpaired) electrons. The van der Waals surface area contributed by atoms with Gasteiger partial charge in [0.05, 0.1) is 24.6 Å². The number of aromatic amines is 1. The molecule has 3 rings (SSSR count). The smallest absolute Gasteiger partial charge is 0.305 e. The number of nitrogens with one attached hydrogen (secondary N) is 3. The summed E-state index contributed by atoms with van der Waals surface area (Å²) in [5.74, 6) is 1.14. The zero-order valence-electron chi connectivity index (χ0n) is 13.7. The monoisotopic (exact) mass is 324 g/mol. The number of hydrogen-bond donors (Lipinski definition) is 3. The number of anilines is 2. The van der Waals surface area contributed by atoms with Crippen molar-refractivity contribution in [1.82, 2.24) is 20.0 Å². The van der Waals surface area contributed by atoms with Crippen LogP contribution in [0.5, 0.6) is 0 Å². The highest BCUT2D eigenvalue weighted by molar-refractivity contribution is 5.98. The number of carbonyl (C=O) groups is 1. The van der Waals surface area contributed by atoms with Gasteiger partial charge in [-0.05, 0) is 17.0 Å². The first-order valence-corrected chi connectivity index (χ1v) is 7.79. The fraction of sp³-hybridized carbons (Fsp3) is 0.235. The van der Waals surface area contributed by atoms with Gasteiger partial charge in [0.1, 0.15) is 5.82 Å². The Morgan fingerprint density at radius 2 is 2.00 bits per heavy atom. The number of rotatable bonds is 5. The van der Waals surface area contributed by atoms with Crippen LogP contribution in [-0.2, 0) is 6.54 Å². The number of nitrogens with zero attached hydrogens (tertiary/aromatic N) is 3. The number of hydrogen-bond acceptors (Lipinski definition) is 3. The highest BCUT2D eigenvalue weighted by atomic mass is 16.2.